The van der Waals surface area contributed by atoms with Gasteiger partial charge in [-0.15, -0.1) is 0 Å². The molecule has 0 radical (unpaired) electrons. The van der Waals surface area contributed by atoms with E-state index in [1.54, 1.807) is 0 Å². The van der Waals surface area contributed by atoms with Crippen molar-refractivity contribution in [2.45, 2.75) is 19.3 Å². The molecule has 0 atom stereocenters. The van der Waals surface area contributed by atoms with Crippen LogP contribution in [0.25, 0.3) is 54.9 Å². The molecule has 0 unspecified atom stereocenters. The molecule has 0 bridgehead atoms. The van der Waals surface area contributed by atoms with Crippen LogP contribution in [0.4, 0.5) is 34.1 Å². The minimum absolute atomic E-state index is 0.243. The highest BCUT2D eigenvalue weighted by Gasteiger charge is 2.37. The van der Waals surface area contributed by atoms with Crippen LogP contribution in [0.15, 0.2) is 231 Å². The van der Waals surface area contributed by atoms with E-state index in [4.69, 9.17) is 0 Å². The predicted molar refractivity (Wildman–Crippen MR) is 259 cm³/mol. The van der Waals surface area contributed by atoms with Gasteiger partial charge in [-0.25, -0.2) is 0 Å². The number of benzene rings is 10. The lowest BCUT2D eigenvalue weighted by atomic mass is 9.82. The lowest BCUT2D eigenvalue weighted by Gasteiger charge is -2.29. The first kappa shape index (κ1) is 36.4. The van der Waals surface area contributed by atoms with Crippen LogP contribution >= 0.6 is 0 Å². The van der Waals surface area contributed by atoms with Gasteiger partial charge in [-0.1, -0.05) is 172 Å². The van der Waals surface area contributed by atoms with E-state index in [1.807, 2.05) is 0 Å². The normalized spacial score (nSPS) is 12.6. The summed E-state index contributed by atoms with van der Waals surface area (Å²) in [6.45, 7) is 4.76. The predicted octanol–water partition coefficient (Wildman–Crippen LogP) is 16.6. The minimum Gasteiger partial charge on any atom is -0.310 e. The zero-order chi connectivity index (χ0) is 40.9. The van der Waals surface area contributed by atoms with Gasteiger partial charge in [-0.05, 0) is 139 Å². The first-order valence-electron chi connectivity index (χ1n) is 21.2. The maximum Gasteiger partial charge on any atom is 0.0468 e. The Balaban J connectivity index is 0.980. The molecular formula is C59H44N2. The van der Waals surface area contributed by atoms with Gasteiger partial charge in [0.05, 0.1) is 0 Å². The third-order valence-corrected chi connectivity index (χ3v) is 12.6. The van der Waals surface area contributed by atoms with Gasteiger partial charge in [0.25, 0.3) is 0 Å². The number of rotatable bonds is 8. The van der Waals surface area contributed by atoms with Gasteiger partial charge in [-0.3, -0.25) is 0 Å². The monoisotopic (exact) mass is 780 g/mol. The van der Waals surface area contributed by atoms with Crippen molar-refractivity contribution < 1.29 is 0 Å². The van der Waals surface area contributed by atoms with Crippen LogP contribution in [-0.4, -0.2) is 0 Å². The van der Waals surface area contributed by atoms with Crippen LogP contribution in [0, 0.1) is 0 Å². The Morgan fingerprint density at radius 2 is 0.590 bits per heavy atom. The van der Waals surface area contributed by atoms with Crippen molar-refractivity contribution in [3.05, 3.63) is 242 Å². The van der Waals surface area contributed by atoms with Gasteiger partial charge in [-0.2, -0.15) is 0 Å². The van der Waals surface area contributed by atoms with E-state index in [9.17, 15) is 0 Å². The SMILES string of the molecule is CC1(C)c2cc(N(c3ccccc3)c3ccc4ccccc4c3)ccc2-c2ccc(N(c3ccc(-c4ccc(-c5ccccc5)cc4)cc3)c3ccc4ccccc4c3)cc21. The first-order chi connectivity index (χ1) is 30.0. The average Bonchev–Trinajstić information content (AvgIpc) is 3.54. The summed E-state index contributed by atoms with van der Waals surface area (Å²) in [5.41, 5.74) is 16.6. The summed E-state index contributed by atoms with van der Waals surface area (Å²) in [7, 11) is 0. The third kappa shape index (κ3) is 6.54. The molecule has 10 aromatic rings. The van der Waals surface area contributed by atoms with Gasteiger partial charge in [0.1, 0.15) is 0 Å². The van der Waals surface area contributed by atoms with E-state index in [0.717, 1.165) is 34.1 Å². The topological polar surface area (TPSA) is 6.48 Å². The summed E-state index contributed by atoms with van der Waals surface area (Å²) >= 11 is 0. The number of fused-ring (bicyclic) bond motifs is 5. The van der Waals surface area contributed by atoms with Crippen molar-refractivity contribution in [2.24, 2.45) is 0 Å². The highest BCUT2D eigenvalue weighted by Crippen LogP contribution is 2.52. The number of anilines is 6. The smallest absolute Gasteiger partial charge is 0.0468 e. The van der Waals surface area contributed by atoms with Crippen molar-refractivity contribution in [1.29, 1.82) is 0 Å². The molecule has 0 spiro atoms. The fourth-order valence-corrected chi connectivity index (χ4v) is 9.38. The van der Waals surface area contributed by atoms with E-state index in [-0.39, 0.29) is 5.41 Å². The molecule has 0 heterocycles. The molecule has 11 rings (SSSR count). The Bertz CT molecular complexity index is 3200. The molecule has 0 amide bonds. The van der Waals surface area contributed by atoms with Crippen molar-refractivity contribution in [2.75, 3.05) is 9.80 Å². The molecule has 61 heavy (non-hydrogen) atoms. The highest BCUT2D eigenvalue weighted by molar-refractivity contribution is 5.93. The standard InChI is InChI=1S/C59H44N2/c1-59(2)57-39-53(60(49-19-7-4-8-20-49)51-31-27-42-15-9-11-17-47(42)37-51)33-35-55(57)56-36-34-54(40-58(56)59)61(52-32-28-43-16-10-12-18-48(43)38-52)50-29-25-46(26-30-50)45-23-21-44(22-24-45)41-13-5-3-6-14-41/h3-40H,1-2H3. The second kappa shape index (κ2) is 14.9. The average molecular weight is 781 g/mol. The van der Waals surface area contributed by atoms with Crippen LogP contribution in [0.5, 0.6) is 0 Å². The Hall–Kier alpha value is -7.68. The van der Waals surface area contributed by atoms with E-state index in [1.165, 1.54) is 66.1 Å². The zero-order valence-electron chi connectivity index (χ0n) is 34.3. The van der Waals surface area contributed by atoms with Crippen molar-refractivity contribution in [1.82, 2.24) is 0 Å². The van der Waals surface area contributed by atoms with E-state index < -0.39 is 0 Å². The Kier molecular flexibility index (Phi) is 8.86. The molecule has 0 aromatic heterocycles. The second-order valence-corrected chi connectivity index (χ2v) is 16.6. The van der Waals surface area contributed by atoms with Crippen molar-refractivity contribution in [3.63, 3.8) is 0 Å². The molecule has 0 fully saturated rings. The van der Waals surface area contributed by atoms with Gasteiger partial charge < -0.3 is 9.80 Å². The largest absolute Gasteiger partial charge is 0.310 e. The molecule has 0 N–H and O–H groups in total. The number of nitrogens with zero attached hydrogens (tertiary/aromatic N) is 2. The number of hydrogen-bond donors (Lipinski definition) is 0. The highest BCUT2D eigenvalue weighted by atomic mass is 15.1. The quantitative estimate of drug-likeness (QED) is 0.152. The van der Waals surface area contributed by atoms with Crippen LogP contribution in [0.3, 0.4) is 0 Å². The fraction of sp³-hybridized carbons (Fsp3) is 0.0508. The maximum absolute atomic E-state index is 2.43. The Morgan fingerprint density at radius 3 is 1.07 bits per heavy atom. The second-order valence-electron chi connectivity index (χ2n) is 16.6. The Morgan fingerprint density at radius 1 is 0.262 bits per heavy atom. The van der Waals surface area contributed by atoms with Crippen LogP contribution in [-0.2, 0) is 5.41 Å². The molecule has 0 saturated heterocycles. The molecule has 10 aromatic carbocycles. The minimum atomic E-state index is -0.243. The fourth-order valence-electron chi connectivity index (χ4n) is 9.38. The molecule has 0 saturated carbocycles. The van der Waals surface area contributed by atoms with Crippen molar-refractivity contribution >= 4 is 55.7 Å². The summed E-state index contributed by atoms with van der Waals surface area (Å²) in [5.74, 6) is 0. The molecule has 1 aliphatic carbocycles. The van der Waals surface area contributed by atoms with Crippen LogP contribution < -0.4 is 9.80 Å². The summed E-state index contributed by atoms with van der Waals surface area (Å²) in [6.07, 6.45) is 0. The number of hydrogen-bond acceptors (Lipinski definition) is 2. The third-order valence-electron chi connectivity index (χ3n) is 12.6. The Labute approximate surface area is 358 Å². The summed E-state index contributed by atoms with van der Waals surface area (Å²) < 4.78 is 0. The van der Waals surface area contributed by atoms with Gasteiger partial charge >= 0.3 is 0 Å². The molecule has 2 nitrogen and oxygen atoms in total. The molecule has 0 aliphatic heterocycles. The maximum atomic E-state index is 2.43. The number of para-hydroxylation sites is 1. The van der Waals surface area contributed by atoms with Crippen LogP contribution in [0.2, 0.25) is 0 Å². The van der Waals surface area contributed by atoms with Gasteiger partial charge in [0.15, 0.2) is 0 Å². The van der Waals surface area contributed by atoms with Crippen LogP contribution in [0.1, 0.15) is 25.0 Å². The summed E-state index contributed by atoms with van der Waals surface area (Å²) in [4.78, 5) is 4.80. The van der Waals surface area contributed by atoms with Crippen molar-refractivity contribution in [3.8, 4) is 33.4 Å². The lowest BCUT2D eigenvalue weighted by Crippen LogP contribution is -2.17. The van der Waals surface area contributed by atoms with E-state index in [0.29, 0.717) is 0 Å². The van der Waals surface area contributed by atoms with E-state index >= 15 is 0 Å². The van der Waals surface area contributed by atoms with E-state index in [2.05, 4.69) is 254 Å². The summed E-state index contributed by atoms with van der Waals surface area (Å²) in [6, 6.07) is 84.1. The first-order valence-corrected chi connectivity index (χ1v) is 21.2. The molecule has 2 heteroatoms. The van der Waals surface area contributed by atoms with Gasteiger partial charge in [0, 0.05) is 39.5 Å². The molecule has 290 valence electrons. The zero-order valence-corrected chi connectivity index (χ0v) is 34.3. The van der Waals surface area contributed by atoms with Gasteiger partial charge in [0.2, 0.25) is 0 Å². The lowest BCUT2D eigenvalue weighted by molar-refractivity contribution is 0.660. The molecular weight excluding hydrogens is 737 g/mol. The summed E-state index contributed by atoms with van der Waals surface area (Å²) in [5, 5.41) is 4.92. The molecule has 1 aliphatic rings.